The van der Waals surface area contributed by atoms with E-state index >= 15 is 0 Å². The Balaban J connectivity index is 1.60. The lowest BCUT2D eigenvalue weighted by molar-refractivity contribution is -0.136. The fourth-order valence-corrected chi connectivity index (χ4v) is 3.69. The van der Waals surface area contributed by atoms with Crippen molar-refractivity contribution in [1.82, 2.24) is 19.6 Å². The van der Waals surface area contributed by atoms with Crippen molar-refractivity contribution >= 4 is 21.8 Å². The van der Waals surface area contributed by atoms with Gasteiger partial charge in [0.25, 0.3) is 0 Å². The number of aryl methyl sites for hydroxylation is 1. The van der Waals surface area contributed by atoms with E-state index in [1.54, 1.807) is 10.7 Å². The molecule has 1 unspecified atom stereocenters. The second-order valence-corrected chi connectivity index (χ2v) is 7.71. The highest BCUT2D eigenvalue weighted by molar-refractivity contribution is 9.10. The van der Waals surface area contributed by atoms with Crippen molar-refractivity contribution in [1.29, 1.82) is 0 Å². The van der Waals surface area contributed by atoms with Crippen LogP contribution < -0.4 is 0 Å². The largest absolute Gasteiger partial charge is 0.338 e. The van der Waals surface area contributed by atoms with Gasteiger partial charge in [0, 0.05) is 38.3 Å². The van der Waals surface area contributed by atoms with Gasteiger partial charge >= 0.3 is 0 Å². The maximum absolute atomic E-state index is 13.8. The molecule has 0 spiro atoms. The van der Waals surface area contributed by atoms with Crippen LogP contribution in [0.3, 0.4) is 0 Å². The number of hydrogen-bond acceptors (Lipinski definition) is 3. The standard InChI is InChI=1S/C19H23BrF2N4O/c1-12-17(20)13(2)26(23-12)14(3)19(27)25-9-7-24(8-10-25)11-15-5-4-6-16(21)18(15)22/h4-6,14H,7-11H2,1-3H3. The van der Waals surface area contributed by atoms with E-state index in [-0.39, 0.29) is 11.9 Å². The lowest BCUT2D eigenvalue weighted by Crippen LogP contribution is -2.50. The first-order valence-electron chi connectivity index (χ1n) is 8.94. The van der Waals surface area contributed by atoms with Gasteiger partial charge < -0.3 is 4.90 Å². The maximum Gasteiger partial charge on any atom is 0.247 e. The molecule has 2 aromatic rings. The number of hydrogen-bond donors (Lipinski definition) is 0. The Morgan fingerprint density at radius 1 is 1.22 bits per heavy atom. The average molecular weight is 441 g/mol. The van der Waals surface area contributed by atoms with E-state index in [9.17, 15) is 13.6 Å². The van der Waals surface area contributed by atoms with E-state index in [2.05, 4.69) is 21.0 Å². The lowest BCUT2D eigenvalue weighted by Gasteiger charge is -2.36. The van der Waals surface area contributed by atoms with Crippen molar-refractivity contribution in [3.05, 3.63) is 51.3 Å². The molecular weight excluding hydrogens is 418 g/mol. The Morgan fingerprint density at radius 3 is 2.48 bits per heavy atom. The highest BCUT2D eigenvalue weighted by Crippen LogP contribution is 2.24. The number of benzene rings is 1. The summed E-state index contributed by atoms with van der Waals surface area (Å²) in [5, 5.41) is 4.45. The fourth-order valence-electron chi connectivity index (χ4n) is 3.43. The van der Waals surface area contributed by atoms with Crippen molar-refractivity contribution < 1.29 is 13.6 Å². The number of amides is 1. The van der Waals surface area contributed by atoms with Gasteiger partial charge in [-0.3, -0.25) is 14.4 Å². The van der Waals surface area contributed by atoms with Crippen LogP contribution in [0.5, 0.6) is 0 Å². The molecule has 0 N–H and O–H groups in total. The second-order valence-electron chi connectivity index (χ2n) is 6.92. The molecule has 1 aromatic carbocycles. The van der Waals surface area contributed by atoms with E-state index in [1.807, 2.05) is 30.6 Å². The molecule has 2 heterocycles. The third-order valence-electron chi connectivity index (χ3n) is 5.07. The van der Waals surface area contributed by atoms with Gasteiger partial charge in [-0.1, -0.05) is 12.1 Å². The van der Waals surface area contributed by atoms with Crippen LogP contribution in [-0.4, -0.2) is 51.7 Å². The minimum absolute atomic E-state index is 0.0182. The van der Waals surface area contributed by atoms with Gasteiger partial charge in [-0.15, -0.1) is 0 Å². The minimum Gasteiger partial charge on any atom is -0.338 e. The highest BCUT2D eigenvalue weighted by Gasteiger charge is 2.28. The normalized spacial score (nSPS) is 16.6. The predicted octanol–water partition coefficient (Wildman–Crippen LogP) is 3.45. The Bertz CT molecular complexity index is 846. The van der Waals surface area contributed by atoms with E-state index in [4.69, 9.17) is 0 Å². The number of nitrogens with zero attached hydrogens (tertiary/aromatic N) is 4. The number of carbonyl (C=O) groups excluding carboxylic acids is 1. The Labute approximate surface area is 166 Å². The quantitative estimate of drug-likeness (QED) is 0.730. The number of piperazine rings is 1. The summed E-state index contributed by atoms with van der Waals surface area (Å²) in [5.74, 6) is -1.60. The molecule has 8 heteroatoms. The first-order valence-corrected chi connectivity index (χ1v) is 9.74. The van der Waals surface area contributed by atoms with Gasteiger partial charge in [0.15, 0.2) is 11.6 Å². The zero-order valence-electron chi connectivity index (χ0n) is 15.7. The average Bonchev–Trinajstić information content (AvgIpc) is 2.92. The van der Waals surface area contributed by atoms with Crippen molar-refractivity contribution in [2.75, 3.05) is 26.2 Å². The minimum atomic E-state index is -0.828. The molecule has 0 saturated carbocycles. The van der Waals surface area contributed by atoms with Gasteiger partial charge in [0.2, 0.25) is 5.91 Å². The lowest BCUT2D eigenvalue weighted by atomic mass is 10.1. The Morgan fingerprint density at radius 2 is 1.89 bits per heavy atom. The molecule has 0 bridgehead atoms. The summed E-state index contributed by atoms with van der Waals surface area (Å²) >= 11 is 3.49. The van der Waals surface area contributed by atoms with Crippen molar-refractivity contribution in [3.63, 3.8) is 0 Å². The van der Waals surface area contributed by atoms with Crippen LogP contribution in [0, 0.1) is 25.5 Å². The number of carbonyl (C=O) groups is 1. The van der Waals surface area contributed by atoms with Gasteiger partial charge in [-0.25, -0.2) is 8.78 Å². The van der Waals surface area contributed by atoms with Crippen molar-refractivity contribution in [2.45, 2.75) is 33.4 Å². The van der Waals surface area contributed by atoms with Crippen LogP contribution >= 0.6 is 15.9 Å². The number of aromatic nitrogens is 2. The third kappa shape index (κ3) is 4.06. The van der Waals surface area contributed by atoms with E-state index in [0.29, 0.717) is 38.3 Å². The van der Waals surface area contributed by atoms with E-state index < -0.39 is 11.6 Å². The van der Waals surface area contributed by atoms with Crippen molar-refractivity contribution in [3.8, 4) is 0 Å². The number of rotatable bonds is 4. The summed E-state index contributed by atoms with van der Waals surface area (Å²) in [5.41, 5.74) is 2.12. The van der Waals surface area contributed by atoms with E-state index in [0.717, 1.165) is 21.9 Å². The summed E-state index contributed by atoms with van der Waals surface area (Å²) in [6, 6.07) is 3.84. The molecule has 1 aliphatic heterocycles. The maximum atomic E-state index is 13.8. The number of halogens is 3. The van der Waals surface area contributed by atoms with Crippen LogP contribution in [0.2, 0.25) is 0 Å². The summed E-state index contributed by atoms with van der Waals surface area (Å²) in [4.78, 5) is 16.7. The molecule has 1 aliphatic rings. The van der Waals surface area contributed by atoms with Gasteiger partial charge in [0.1, 0.15) is 6.04 Å². The fraction of sp³-hybridized carbons (Fsp3) is 0.474. The van der Waals surface area contributed by atoms with Crippen LogP contribution in [0.25, 0.3) is 0 Å². The Hall–Kier alpha value is -1.80. The van der Waals surface area contributed by atoms with Crippen molar-refractivity contribution in [2.24, 2.45) is 0 Å². The molecular formula is C19H23BrF2N4O. The topological polar surface area (TPSA) is 41.4 Å². The smallest absolute Gasteiger partial charge is 0.247 e. The molecule has 3 rings (SSSR count). The zero-order chi connectivity index (χ0) is 19.7. The summed E-state index contributed by atoms with van der Waals surface area (Å²) in [7, 11) is 0. The third-order valence-corrected chi connectivity index (χ3v) is 6.22. The summed E-state index contributed by atoms with van der Waals surface area (Å²) in [6.45, 7) is 8.37. The summed E-state index contributed by atoms with van der Waals surface area (Å²) in [6.07, 6.45) is 0. The van der Waals surface area contributed by atoms with Crippen LogP contribution in [-0.2, 0) is 11.3 Å². The molecule has 5 nitrogen and oxygen atoms in total. The molecule has 0 radical (unpaired) electrons. The first-order chi connectivity index (χ1) is 12.8. The molecule has 1 atom stereocenters. The molecule has 0 aliphatic carbocycles. The molecule has 1 aromatic heterocycles. The molecule has 1 fully saturated rings. The van der Waals surface area contributed by atoms with Gasteiger partial charge in [0.05, 0.1) is 15.9 Å². The predicted molar refractivity (Wildman–Crippen MR) is 102 cm³/mol. The van der Waals surface area contributed by atoms with E-state index in [1.165, 1.54) is 6.07 Å². The van der Waals surface area contributed by atoms with Crippen LogP contribution in [0.15, 0.2) is 22.7 Å². The molecule has 1 amide bonds. The summed E-state index contributed by atoms with van der Waals surface area (Å²) < 4.78 is 29.9. The van der Waals surface area contributed by atoms with Crippen LogP contribution in [0.1, 0.15) is 29.9 Å². The molecule has 1 saturated heterocycles. The zero-order valence-corrected chi connectivity index (χ0v) is 17.3. The van der Waals surface area contributed by atoms with Gasteiger partial charge in [-0.2, -0.15) is 5.10 Å². The molecule has 27 heavy (non-hydrogen) atoms. The second kappa shape index (κ2) is 8.06. The monoisotopic (exact) mass is 440 g/mol. The highest BCUT2D eigenvalue weighted by atomic mass is 79.9. The van der Waals surface area contributed by atoms with Gasteiger partial charge in [-0.05, 0) is 42.8 Å². The van der Waals surface area contributed by atoms with Crippen LogP contribution in [0.4, 0.5) is 8.78 Å². The SMILES string of the molecule is Cc1nn(C(C)C(=O)N2CCN(Cc3cccc(F)c3F)CC2)c(C)c1Br. The molecule has 146 valence electrons. The first kappa shape index (κ1) is 19.9. The Kier molecular flexibility index (Phi) is 5.95.